The van der Waals surface area contributed by atoms with E-state index < -0.39 is 124 Å². The highest BCUT2D eigenvalue weighted by molar-refractivity contribution is 5.76. The van der Waals surface area contributed by atoms with Crippen molar-refractivity contribution in [2.45, 2.75) is 208 Å². The number of hydrogen-bond donors (Lipinski definition) is 12. The maximum absolute atomic E-state index is 12.7. The normalized spacial score (nSPS) is 36.5. The van der Waals surface area contributed by atoms with E-state index in [1.165, 1.54) is 44.9 Å². The second-order valence-corrected chi connectivity index (χ2v) is 15.8. The highest BCUT2D eigenvalue weighted by Gasteiger charge is 2.53. The van der Waals surface area contributed by atoms with Gasteiger partial charge in [0, 0.05) is 6.42 Å². The van der Waals surface area contributed by atoms with Crippen LogP contribution < -0.4 is 5.32 Å². The molecule has 12 N–H and O–H groups in total. The van der Waals surface area contributed by atoms with Crippen LogP contribution in [0.5, 0.6) is 0 Å². The molecule has 0 aromatic carbocycles. The number of rotatable bonds is 27. The fraction of sp³-hybridized carbons (Fsp3) is 0.925. The van der Waals surface area contributed by atoms with Crippen LogP contribution in [0.4, 0.5) is 0 Å². The van der Waals surface area contributed by atoms with Crippen LogP contribution in [0, 0.1) is 0 Å². The molecule has 19 heteroatoms. The number of ether oxygens (including phenoxy) is 6. The second-order valence-electron chi connectivity index (χ2n) is 15.8. The first-order valence-electron chi connectivity index (χ1n) is 21.4. The van der Waals surface area contributed by atoms with Crippen LogP contribution >= 0.6 is 0 Å². The van der Waals surface area contributed by atoms with Crippen molar-refractivity contribution < 1.29 is 89.4 Å². The number of aliphatic hydroxyl groups is 11. The summed E-state index contributed by atoms with van der Waals surface area (Å²) < 4.78 is 33.7. The van der Waals surface area contributed by atoms with Gasteiger partial charge in [0.05, 0.1) is 38.6 Å². The summed E-state index contributed by atoms with van der Waals surface area (Å²) in [5, 5.41) is 118. The van der Waals surface area contributed by atoms with E-state index in [1.807, 2.05) is 13.0 Å². The zero-order valence-electron chi connectivity index (χ0n) is 34.5. The van der Waals surface area contributed by atoms with Crippen LogP contribution in [-0.4, -0.2) is 193 Å². The standard InChI is InChI=1S/C40H73NO18/c1-3-5-7-8-9-10-11-12-13-14-15-16-17-24(45)23(41-28(46)18-6-4-2)22-54-38-34(52)31(49)36(26(20-43)56-38)59-40-35(53)32(50)37(27(21-44)57-40)58-39-33(51)30(48)29(47)25(19-42)55-39/h16-17,23-27,29-40,42-45,47-53H,3-15,18-22H2,1-2H3,(H,41,46)/b17-16+. The second kappa shape index (κ2) is 27.6. The molecule has 17 atom stereocenters. The highest BCUT2D eigenvalue weighted by atomic mass is 16.8. The van der Waals surface area contributed by atoms with Crippen LogP contribution in [-0.2, 0) is 33.2 Å². The lowest BCUT2D eigenvalue weighted by atomic mass is 9.96. The van der Waals surface area contributed by atoms with Crippen molar-refractivity contribution in [3.05, 3.63) is 12.2 Å². The minimum absolute atomic E-state index is 0.219. The minimum atomic E-state index is -1.97. The van der Waals surface area contributed by atoms with Gasteiger partial charge in [-0.25, -0.2) is 0 Å². The summed E-state index contributed by atoms with van der Waals surface area (Å²) in [5.41, 5.74) is 0. The Hall–Kier alpha value is -1.47. The van der Waals surface area contributed by atoms with Crippen molar-refractivity contribution in [3.63, 3.8) is 0 Å². The highest BCUT2D eigenvalue weighted by Crippen LogP contribution is 2.33. The van der Waals surface area contributed by atoms with Gasteiger partial charge in [-0.1, -0.05) is 90.2 Å². The Morgan fingerprint density at radius 2 is 1.05 bits per heavy atom. The lowest BCUT2D eigenvalue weighted by Crippen LogP contribution is -2.66. The van der Waals surface area contributed by atoms with Gasteiger partial charge in [0.15, 0.2) is 18.9 Å². The SMILES string of the molecule is CCCCCCCCCCCC/C=C/C(O)C(COC1OC(CO)C(OC2OC(CO)C(OC3OC(CO)C(O)C(O)C3O)C(O)C2O)C(O)C1O)NC(=O)CCCC. The molecule has 0 aromatic rings. The molecule has 1 amide bonds. The summed E-state index contributed by atoms with van der Waals surface area (Å²) in [6.45, 7) is 1.38. The predicted octanol–water partition coefficient (Wildman–Crippen LogP) is -1.65. The molecule has 3 aliphatic heterocycles. The fourth-order valence-electron chi connectivity index (χ4n) is 7.34. The van der Waals surface area contributed by atoms with Crippen molar-refractivity contribution in [3.8, 4) is 0 Å². The van der Waals surface area contributed by atoms with Crippen LogP contribution in [0.3, 0.4) is 0 Å². The van der Waals surface area contributed by atoms with Gasteiger partial charge in [-0.2, -0.15) is 0 Å². The van der Waals surface area contributed by atoms with Crippen LogP contribution in [0.25, 0.3) is 0 Å². The largest absolute Gasteiger partial charge is 0.394 e. The molecular weight excluding hydrogens is 782 g/mol. The Morgan fingerprint density at radius 3 is 1.58 bits per heavy atom. The van der Waals surface area contributed by atoms with Gasteiger partial charge in [0.2, 0.25) is 5.91 Å². The van der Waals surface area contributed by atoms with E-state index >= 15 is 0 Å². The number of amides is 1. The predicted molar refractivity (Wildman–Crippen MR) is 208 cm³/mol. The molecule has 3 aliphatic rings. The van der Waals surface area contributed by atoms with Gasteiger partial charge < -0.3 is 89.9 Å². The number of carbonyl (C=O) groups excluding carboxylic acids is 1. The molecule has 346 valence electrons. The van der Waals surface area contributed by atoms with Gasteiger partial charge in [-0.15, -0.1) is 0 Å². The Bertz CT molecular complexity index is 1170. The molecule has 3 saturated heterocycles. The Balaban J connectivity index is 1.57. The number of carbonyl (C=O) groups is 1. The zero-order chi connectivity index (χ0) is 43.5. The smallest absolute Gasteiger partial charge is 0.220 e. The van der Waals surface area contributed by atoms with E-state index in [2.05, 4.69) is 12.2 Å². The first-order valence-corrected chi connectivity index (χ1v) is 21.4. The minimum Gasteiger partial charge on any atom is -0.394 e. The third kappa shape index (κ3) is 15.7. The van der Waals surface area contributed by atoms with E-state index in [-0.39, 0.29) is 18.9 Å². The van der Waals surface area contributed by atoms with E-state index in [4.69, 9.17) is 28.4 Å². The quantitative estimate of drug-likeness (QED) is 0.0326. The van der Waals surface area contributed by atoms with Gasteiger partial charge in [-0.3, -0.25) is 4.79 Å². The van der Waals surface area contributed by atoms with Crippen LogP contribution in [0.15, 0.2) is 12.2 Å². The maximum atomic E-state index is 12.7. The molecule has 0 spiro atoms. The van der Waals surface area contributed by atoms with Crippen molar-refractivity contribution >= 4 is 5.91 Å². The summed E-state index contributed by atoms with van der Waals surface area (Å²) >= 11 is 0. The van der Waals surface area contributed by atoms with E-state index in [0.717, 1.165) is 32.1 Å². The number of allylic oxidation sites excluding steroid dienone is 1. The van der Waals surface area contributed by atoms with E-state index in [0.29, 0.717) is 6.42 Å². The average Bonchev–Trinajstić information content (AvgIpc) is 3.23. The van der Waals surface area contributed by atoms with Crippen molar-refractivity contribution in [1.29, 1.82) is 0 Å². The molecule has 3 fully saturated rings. The van der Waals surface area contributed by atoms with Gasteiger partial charge in [0.25, 0.3) is 0 Å². The van der Waals surface area contributed by atoms with Crippen molar-refractivity contribution in [2.75, 3.05) is 26.4 Å². The molecule has 59 heavy (non-hydrogen) atoms. The first-order chi connectivity index (χ1) is 28.3. The van der Waals surface area contributed by atoms with E-state index in [1.54, 1.807) is 6.08 Å². The van der Waals surface area contributed by atoms with Gasteiger partial charge in [0.1, 0.15) is 73.2 Å². The van der Waals surface area contributed by atoms with Gasteiger partial charge >= 0.3 is 0 Å². The summed E-state index contributed by atoms with van der Waals surface area (Å²) in [7, 11) is 0. The monoisotopic (exact) mass is 855 g/mol. The molecule has 3 rings (SSSR count). The zero-order valence-corrected chi connectivity index (χ0v) is 34.5. The average molecular weight is 856 g/mol. The molecule has 0 aliphatic carbocycles. The van der Waals surface area contributed by atoms with Crippen LogP contribution in [0.1, 0.15) is 104 Å². The summed E-state index contributed by atoms with van der Waals surface area (Å²) in [5.74, 6) is -0.315. The number of hydrogen-bond acceptors (Lipinski definition) is 18. The maximum Gasteiger partial charge on any atom is 0.220 e. The van der Waals surface area contributed by atoms with Crippen molar-refractivity contribution in [2.24, 2.45) is 0 Å². The molecule has 0 aromatic heterocycles. The lowest BCUT2D eigenvalue weighted by molar-refractivity contribution is -0.379. The third-order valence-electron chi connectivity index (χ3n) is 11.1. The molecule has 0 radical (unpaired) electrons. The number of nitrogens with one attached hydrogen (secondary N) is 1. The number of aliphatic hydroxyl groups excluding tert-OH is 11. The molecule has 17 unspecified atom stereocenters. The topological polar surface area (TPSA) is 307 Å². The van der Waals surface area contributed by atoms with Crippen molar-refractivity contribution in [1.82, 2.24) is 5.32 Å². The molecular formula is C40H73NO18. The summed E-state index contributed by atoms with van der Waals surface area (Å²) in [6.07, 6.45) is -8.94. The van der Waals surface area contributed by atoms with Gasteiger partial charge in [-0.05, 0) is 19.3 Å². The molecule has 19 nitrogen and oxygen atoms in total. The Morgan fingerprint density at radius 1 is 0.593 bits per heavy atom. The summed E-state index contributed by atoms with van der Waals surface area (Å²) in [4.78, 5) is 12.7. The molecule has 0 bridgehead atoms. The Kier molecular flexibility index (Phi) is 24.2. The summed E-state index contributed by atoms with van der Waals surface area (Å²) in [6, 6.07) is -0.960. The fourth-order valence-corrected chi connectivity index (χ4v) is 7.34. The Labute approximate surface area is 346 Å². The van der Waals surface area contributed by atoms with Crippen LogP contribution in [0.2, 0.25) is 0 Å². The molecule has 3 heterocycles. The first kappa shape index (κ1) is 51.9. The number of unbranched alkanes of at least 4 members (excludes halogenated alkanes) is 11. The third-order valence-corrected chi connectivity index (χ3v) is 11.1. The molecule has 0 saturated carbocycles. The van der Waals surface area contributed by atoms with E-state index in [9.17, 15) is 61.0 Å². The lowest BCUT2D eigenvalue weighted by Gasteiger charge is -2.48.